The Kier molecular flexibility index (Phi) is 10.5. The van der Waals surface area contributed by atoms with Gasteiger partial charge in [0.25, 0.3) is 5.91 Å². The highest BCUT2D eigenvalue weighted by molar-refractivity contribution is 7.99. The Bertz CT molecular complexity index is 1310. The largest absolute Gasteiger partial charge is 0.462 e. The molecule has 1 aromatic heterocycles. The molecule has 0 radical (unpaired) electrons. The minimum absolute atomic E-state index is 0.0120. The number of amides is 2. The molecule has 0 unspecified atom stereocenters. The van der Waals surface area contributed by atoms with Crippen molar-refractivity contribution in [2.45, 2.75) is 38.5 Å². The van der Waals surface area contributed by atoms with E-state index in [0.717, 1.165) is 0 Å². The van der Waals surface area contributed by atoms with Crippen LogP contribution in [-0.4, -0.2) is 44.9 Å². The summed E-state index contributed by atoms with van der Waals surface area (Å²) in [5, 5.41) is 15.3. The topological polar surface area (TPSA) is 115 Å². The molecule has 0 aliphatic rings. The lowest BCUT2D eigenvalue weighted by Gasteiger charge is -2.23. The van der Waals surface area contributed by atoms with Crippen molar-refractivity contribution in [3.63, 3.8) is 0 Å². The Balaban J connectivity index is 1.73. The number of anilines is 1. The second-order valence-corrected chi connectivity index (χ2v) is 9.90. The van der Waals surface area contributed by atoms with E-state index in [4.69, 9.17) is 16.3 Å². The number of nitrogens with one attached hydrogen (secondary N) is 2. The fourth-order valence-corrected chi connectivity index (χ4v) is 4.57. The lowest BCUT2D eigenvalue weighted by Crippen LogP contribution is -2.34. The van der Waals surface area contributed by atoms with Crippen LogP contribution < -0.4 is 10.6 Å². The fraction of sp³-hybridized carbons (Fsp3) is 0.296. The molecular formula is C27H30ClN5O4S. The van der Waals surface area contributed by atoms with E-state index in [-0.39, 0.29) is 30.1 Å². The van der Waals surface area contributed by atoms with Crippen molar-refractivity contribution in [1.29, 1.82) is 0 Å². The van der Waals surface area contributed by atoms with Gasteiger partial charge in [-0.1, -0.05) is 61.5 Å². The molecule has 0 aliphatic carbocycles. The maximum absolute atomic E-state index is 13.0. The number of carbonyl (C=O) groups excluding carboxylic acids is 3. The number of hydrogen-bond donors (Lipinski definition) is 2. The van der Waals surface area contributed by atoms with Crippen LogP contribution in [-0.2, 0) is 16.1 Å². The van der Waals surface area contributed by atoms with Gasteiger partial charge in [-0.05, 0) is 43.2 Å². The third kappa shape index (κ3) is 7.45. The standard InChI is InChI=1S/C27H30ClN5O4S/c1-5-14-33-24(23(17(3)4)30-25(35)20-12-7-8-13-21(20)28)31-32-27(33)38-16-22(34)29-19-11-9-10-18(15-19)26(36)37-6-2/h5,7-13,15,17,23H,1,6,14,16H2,2-4H3,(H,29,34)(H,30,35)/t23-/m1/s1. The molecule has 9 nitrogen and oxygen atoms in total. The molecule has 1 heterocycles. The highest BCUT2D eigenvalue weighted by atomic mass is 35.5. The number of ether oxygens (including phenoxy) is 1. The van der Waals surface area contributed by atoms with Gasteiger partial charge in [0, 0.05) is 12.2 Å². The number of allylic oxidation sites excluding steroid dienone is 1. The monoisotopic (exact) mass is 555 g/mol. The number of nitrogens with zero attached hydrogens (tertiary/aromatic N) is 3. The second-order valence-electron chi connectivity index (χ2n) is 8.55. The molecule has 2 aromatic carbocycles. The van der Waals surface area contributed by atoms with E-state index in [1.165, 1.54) is 11.8 Å². The number of halogens is 1. The molecule has 3 rings (SSSR count). The number of benzene rings is 2. The maximum Gasteiger partial charge on any atom is 0.338 e. The molecule has 0 saturated heterocycles. The van der Waals surface area contributed by atoms with E-state index in [9.17, 15) is 14.4 Å². The molecule has 2 N–H and O–H groups in total. The van der Waals surface area contributed by atoms with Crippen LogP contribution >= 0.6 is 23.4 Å². The van der Waals surface area contributed by atoms with Crippen molar-refractivity contribution >= 4 is 46.8 Å². The zero-order chi connectivity index (χ0) is 27.7. The molecule has 11 heteroatoms. The van der Waals surface area contributed by atoms with Crippen molar-refractivity contribution in [1.82, 2.24) is 20.1 Å². The van der Waals surface area contributed by atoms with Crippen LogP contribution in [0.4, 0.5) is 5.69 Å². The molecule has 0 spiro atoms. The van der Waals surface area contributed by atoms with Gasteiger partial charge in [0.15, 0.2) is 11.0 Å². The summed E-state index contributed by atoms with van der Waals surface area (Å²) in [4.78, 5) is 37.6. The van der Waals surface area contributed by atoms with E-state index in [2.05, 4.69) is 27.4 Å². The average Bonchev–Trinajstić information content (AvgIpc) is 3.28. The SMILES string of the molecule is C=CCn1c(SCC(=O)Nc2cccc(C(=O)OCC)c2)nnc1[C@H](NC(=O)c1ccccc1Cl)C(C)C. The predicted octanol–water partition coefficient (Wildman–Crippen LogP) is 5.15. The van der Waals surface area contributed by atoms with Gasteiger partial charge in [-0.2, -0.15) is 0 Å². The van der Waals surface area contributed by atoms with Crippen LogP contribution in [0.5, 0.6) is 0 Å². The van der Waals surface area contributed by atoms with Crippen LogP contribution in [0.2, 0.25) is 5.02 Å². The van der Waals surface area contributed by atoms with Gasteiger partial charge < -0.3 is 19.9 Å². The minimum atomic E-state index is -0.458. The third-order valence-electron chi connectivity index (χ3n) is 5.40. The summed E-state index contributed by atoms with van der Waals surface area (Å²) in [6.45, 7) is 10.1. The fourth-order valence-electron chi connectivity index (χ4n) is 3.60. The minimum Gasteiger partial charge on any atom is -0.462 e. The first kappa shape index (κ1) is 28.9. The average molecular weight is 556 g/mol. The van der Waals surface area contributed by atoms with Crippen LogP contribution in [0.15, 0.2) is 66.3 Å². The van der Waals surface area contributed by atoms with E-state index < -0.39 is 12.0 Å². The van der Waals surface area contributed by atoms with E-state index in [1.54, 1.807) is 61.5 Å². The second kappa shape index (κ2) is 13.8. The lowest BCUT2D eigenvalue weighted by atomic mass is 10.0. The summed E-state index contributed by atoms with van der Waals surface area (Å²) in [6, 6.07) is 12.9. The highest BCUT2D eigenvalue weighted by Crippen LogP contribution is 2.26. The van der Waals surface area contributed by atoms with Gasteiger partial charge in [0.2, 0.25) is 5.91 Å². The van der Waals surface area contributed by atoms with Crippen LogP contribution in [0.3, 0.4) is 0 Å². The molecular weight excluding hydrogens is 526 g/mol. The smallest absolute Gasteiger partial charge is 0.338 e. The Hall–Kier alpha value is -3.63. The zero-order valence-corrected chi connectivity index (χ0v) is 23.0. The first-order valence-electron chi connectivity index (χ1n) is 12.0. The van der Waals surface area contributed by atoms with Crippen molar-refractivity contribution in [3.8, 4) is 0 Å². The first-order chi connectivity index (χ1) is 18.2. The Morgan fingerprint density at radius 2 is 1.92 bits per heavy atom. The van der Waals surface area contributed by atoms with Gasteiger partial charge >= 0.3 is 5.97 Å². The zero-order valence-electron chi connectivity index (χ0n) is 21.4. The van der Waals surface area contributed by atoms with E-state index in [0.29, 0.717) is 39.4 Å². The number of rotatable bonds is 12. The van der Waals surface area contributed by atoms with Crippen LogP contribution in [0.1, 0.15) is 53.4 Å². The molecule has 38 heavy (non-hydrogen) atoms. The van der Waals surface area contributed by atoms with Gasteiger partial charge in [0.05, 0.1) is 34.6 Å². The molecule has 0 fully saturated rings. The van der Waals surface area contributed by atoms with Crippen molar-refractivity contribution in [2.75, 3.05) is 17.7 Å². The molecule has 0 bridgehead atoms. The van der Waals surface area contributed by atoms with Crippen LogP contribution in [0.25, 0.3) is 0 Å². The molecule has 3 aromatic rings. The van der Waals surface area contributed by atoms with Gasteiger partial charge in [-0.15, -0.1) is 16.8 Å². The normalized spacial score (nSPS) is 11.6. The van der Waals surface area contributed by atoms with Crippen LogP contribution in [0, 0.1) is 5.92 Å². The Morgan fingerprint density at radius 3 is 2.61 bits per heavy atom. The molecule has 200 valence electrons. The van der Waals surface area contributed by atoms with E-state index >= 15 is 0 Å². The quantitative estimate of drug-likeness (QED) is 0.180. The summed E-state index contributed by atoms with van der Waals surface area (Å²) in [6.07, 6.45) is 1.70. The number of aromatic nitrogens is 3. The number of carbonyl (C=O) groups is 3. The molecule has 0 aliphatic heterocycles. The summed E-state index contributed by atoms with van der Waals surface area (Å²) in [5.41, 5.74) is 1.20. The first-order valence-corrected chi connectivity index (χ1v) is 13.4. The summed E-state index contributed by atoms with van der Waals surface area (Å²) >= 11 is 7.41. The van der Waals surface area contributed by atoms with Crippen molar-refractivity contribution < 1.29 is 19.1 Å². The number of hydrogen-bond acceptors (Lipinski definition) is 7. The van der Waals surface area contributed by atoms with Gasteiger partial charge in [-0.3, -0.25) is 9.59 Å². The summed E-state index contributed by atoms with van der Waals surface area (Å²) in [5.74, 6) is -0.465. The third-order valence-corrected chi connectivity index (χ3v) is 6.69. The molecule has 2 amide bonds. The maximum atomic E-state index is 13.0. The number of thioether (sulfide) groups is 1. The van der Waals surface area contributed by atoms with Gasteiger partial charge in [0.1, 0.15) is 0 Å². The summed E-state index contributed by atoms with van der Waals surface area (Å²) < 4.78 is 6.83. The summed E-state index contributed by atoms with van der Waals surface area (Å²) in [7, 11) is 0. The number of esters is 1. The highest BCUT2D eigenvalue weighted by Gasteiger charge is 2.27. The van der Waals surface area contributed by atoms with E-state index in [1.807, 2.05) is 18.4 Å². The Labute approximate surface area is 231 Å². The predicted molar refractivity (Wildman–Crippen MR) is 148 cm³/mol. The van der Waals surface area contributed by atoms with Gasteiger partial charge in [-0.25, -0.2) is 4.79 Å². The molecule has 0 saturated carbocycles. The lowest BCUT2D eigenvalue weighted by molar-refractivity contribution is -0.113. The van der Waals surface area contributed by atoms with Crippen molar-refractivity contribution in [2.24, 2.45) is 5.92 Å². The Morgan fingerprint density at radius 1 is 1.16 bits per heavy atom. The van der Waals surface area contributed by atoms with Crippen molar-refractivity contribution in [3.05, 3.63) is 83.2 Å². The molecule has 1 atom stereocenters.